The van der Waals surface area contributed by atoms with Gasteiger partial charge in [-0.2, -0.15) is 5.10 Å². The van der Waals surface area contributed by atoms with Gasteiger partial charge in [0, 0.05) is 29.2 Å². The molecule has 4 rings (SSSR count). The minimum absolute atomic E-state index is 0.178. The van der Waals surface area contributed by atoms with Crippen LogP contribution in [0.1, 0.15) is 5.56 Å². The first kappa shape index (κ1) is 19.9. The summed E-state index contributed by atoms with van der Waals surface area (Å²) < 4.78 is 34.6. The molecule has 2 aromatic carbocycles. The monoisotopic (exact) mass is 441 g/mol. The molecule has 1 N–H and O–H groups in total. The molecule has 2 heterocycles. The van der Waals surface area contributed by atoms with E-state index in [9.17, 15) is 8.42 Å². The SMILES string of the molecule is O=S(=O)(Cc1cccc(Cl)c1)Nc1ccc(Oc2cc(-n3cccn3)ncn2)cc1. The number of nitrogens with zero attached hydrogens (tertiary/aromatic N) is 4. The van der Waals surface area contributed by atoms with Gasteiger partial charge in [-0.3, -0.25) is 4.72 Å². The number of sulfonamides is 1. The van der Waals surface area contributed by atoms with Crippen LogP contribution in [-0.2, 0) is 15.8 Å². The van der Waals surface area contributed by atoms with Crippen LogP contribution in [0.4, 0.5) is 5.69 Å². The molecule has 152 valence electrons. The highest BCUT2D eigenvalue weighted by Crippen LogP contribution is 2.23. The van der Waals surface area contributed by atoms with E-state index in [1.165, 1.54) is 6.33 Å². The van der Waals surface area contributed by atoms with Crippen molar-refractivity contribution in [1.82, 2.24) is 19.7 Å². The number of aromatic nitrogens is 4. The molecule has 0 unspecified atom stereocenters. The van der Waals surface area contributed by atoms with E-state index in [1.807, 2.05) is 0 Å². The molecule has 4 aromatic rings. The Labute approximate surface area is 178 Å². The van der Waals surface area contributed by atoms with Gasteiger partial charge in [-0.15, -0.1) is 0 Å². The molecule has 0 atom stereocenters. The summed E-state index contributed by atoms with van der Waals surface area (Å²) in [6.07, 6.45) is 4.79. The lowest BCUT2D eigenvalue weighted by Crippen LogP contribution is -2.15. The topological polar surface area (TPSA) is 99.0 Å². The van der Waals surface area contributed by atoms with Crippen molar-refractivity contribution in [2.24, 2.45) is 0 Å². The Hall–Kier alpha value is -3.43. The van der Waals surface area contributed by atoms with Gasteiger partial charge in [0.1, 0.15) is 12.1 Å². The van der Waals surface area contributed by atoms with Gasteiger partial charge in [-0.1, -0.05) is 23.7 Å². The molecule has 8 nitrogen and oxygen atoms in total. The van der Waals surface area contributed by atoms with E-state index in [1.54, 1.807) is 77.7 Å². The van der Waals surface area contributed by atoms with E-state index in [2.05, 4.69) is 19.8 Å². The van der Waals surface area contributed by atoms with Crippen LogP contribution in [0.2, 0.25) is 5.02 Å². The van der Waals surface area contributed by atoms with Gasteiger partial charge < -0.3 is 4.74 Å². The molecule has 0 amide bonds. The summed E-state index contributed by atoms with van der Waals surface area (Å²) in [6.45, 7) is 0. The van der Waals surface area contributed by atoms with E-state index >= 15 is 0 Å². The van der Waals surface area contributed by atoms with Crippen molar-refractivity contribution in [3.8, 4) is 17.4 Å². The largest absolute Gasteiger partial charge is 0.439 e. The van der Waals surface area contributed by atoms with E-state index in [-0.39, 0.29) is 5.75 Å². The fourth-order valence-electron chi connectivity index (χ4n) is 2.69. The number of anilines is 1. The minimum Gasteiger partial charge on any atom is -0.439 e. The van der Waals surface area contributed by atoms with Crippen molar-refractivity contribution in [3.63, 3.8) is 0 Å². The van der Waals surface area contributed by atoms with Crippen LogP contribution in [0.3, 0.4) is 0 Å². The number of hydrogen-bond donors (Lipinski definition) is 1. The first-order chi connectivity index (χ1) is 14.5. The average Bonchev–Trinajstić information content (AvgIpc) is 3.24. The zero-order chi connectivity index (χ0) is 21.0. The molecule has 2 aromatic heterocycles. The zero-order valence-electron chi connectivity index (χ0n) is 15.5. The zero-order valence-corrected chi connectivity index (χ0v) is 17.1. The molecule has 0 aliphatic heterocycles. The molecular weight excluding hydrogens is 426 g/mol. The van der Waals surface area contributed by atoms with E-state index < -0.39 is 10.0 Å². The summed E-state index contributed by atoms with van der Waals surface area (Å²) in [4.78, 5) is 8.23. The van der Waals surface area contributed by atoms with E-state index in [0.29, 0.717) is 33.7 Å². The lowest BCUT2D eigenvalue weighted by Gasteiger charge is -2.10. The molecule has 0 saturated heterocycles. The number of benzene rings is 2. The Bertz CT molecular complexity index is 1250. The van der Waals surface area contributed by atoms with E-state index in [0.717, 1.165) is 0 Å². The maximum atomic E-state index is 12.4. The van der Waals surface area contributed by atoms with Crippen LogP contribution in [0, 0.1) is 0 Å². The third kappa shape index (κ3) is 5.13. The Kier molecular flexibility index (Phi) is 5.64. The second kappa shape index (κ2) is 8.52. The molecule has 0 aliphatic carbocycles. The smallest absolute Gasteiger partial charge is 0.236 e. The number of halogens is 1. The van der Waals surface area contributed by atoms with Crippen molar-refractivity contribution in [2.75, 3.05) is 4.72 Å². The van der Waals surface area contributed by atoms with Gasteiger partial charge in [0.2, 0.25) is 15.9 Å². The molecule has 30 heavy (non-hydrogen) atoms. The lowest BCUT2D eigenvalue weighted by molar-refractivity contribution is 0.460. The third-order valence-electron chi connectivity index (χ3n) is 3.96. The first-order valence-electron chi connectivity index (χ1n) is 8.82. The van der Waals surface area contributed by atoms with Gasteiger partial charge in [0.25, 0.3) is 0 Å². The molecule has 0 radical (unpaired) electrons. The Morgan fingerprint density at radius 2 is 1.87 bits per heavy atom. The standard InChI is InChI=1S/C20H16ClN5O3S/c21-16-4-1-3-15(11-16)13-30(27,28)25-17-5-7-18(8-6-17)29-20-12-19(22-14-23-20)26-10-2-9-24-26/h1-12,14,25H,13H2. The first-order valence-corrected chi connectivity index (χ1v) is 10.8. The normalized spacial score (nSPS) is 11.2. The third-order valence-corrected chi connectivity index (χ3v) is 5.46. The van der Waals surface area contributed by atoms with Gasteiger partial charge in [-0.05, 0) is 48.0 Å². The van der Waals surface area contributed by atoms with Gasteiger partial charge in [0.15, 0.2) is 5.82 Å². The van der Waals surface area contributed by atoms with Crippen LogP contribution in [0.5, 0.6) is 11.6 Å². The Morgan fingerprint density at radius 3 is 2.60 bits per heavy atom. The Balaban J connectivity index is 1.42. The van der Waals surface area contributed by atoms with Crippen molar-refractivity contribution in [1.29, 1.82) is 0 Å². The predicted molar refractivity (Wildman–Crippen MR) is 113 cm³/mol. The summed E-state index contributed by atoms with van der Waals surface area (Å²) in [5.74, 6) is 1.22. The fraction of sp³-hybridized carbons (Fsp3) is 0.0500. The van der Waals surface area contributed by atoms with Crippen molar-refractivity contribution < 1.29 is 13.2 Å². The highest BCUT2D eigenvalue weighted by Gasteiger charge is 2.12. The highest BCUT2D eigenvalue weighted by molar-refractivity contribution is 7.91. The summed E-state index contributed by atoms with van der Waals surface area (Å²) >= 11 is 5.91. The van der Waals surface area contributed by atoms with Crippen LogP contribution in [0.15, 0.2) is 79.4 Å². The van der Waals surface area contributed by atoms with Crippen molar-refractivity contribution in [3.05, 3.63) is 90.0 Å². The molecule has 0 fully saturated rings. The summed E-state index contributed by atoms with van der Waals surface area (Å²) in [5.41, 5.74) is 1.02. The Morgan fingerprint density at radius 1 is 1.03 bits per heavy atom. The van der Waals surface area contributed by atoms with Crippen molar-refractivity contribution >= 4 is 27.3 Å². The molecule has 0 spiro atoms. The van der Waals surface area contributed by atoms with Crippen LogP contribution >= 0.6 is 11.6 Å². The fourth-order valence-corrected chi connectivity index (χ4v) is 4.09. The highest BCUT2D eigenvalue weighted by atomic mass is 35.5. The maximum absolute atomic E-state index is 12.4. The molecular formula is C20H16ClN5O3S. The van der Waals surface area contributed by atoms with Gasteiger partial charge in [-0.25, -0.2) is 23.1 Å². The van der Waals surface area contributed by atoms with Crippen LogP contribution < -0.4 is 9.46 Å². The maximum Gasteiger partial charge on any atom is 0.236 e. The molecule has 10 heteroatoms. The molecule has 0 bridgehead atoms. The van der Waals surface area contributed by atoms with Crippen LogP contribution in [-0.4, -0.2) is 28.2 Å². The second-order valence-corrected chi connectivity index (χ2v) is 8.44. The number of nitrogens with one attached hydrogen (secondary N) is 1. The van der Waals surface area contributed by atoms with E-state index in [4.69, 9.17) is 16.3 Å². The summed E-state index contributed by atoms with van der Waals surface area (Å²) in [6, 6.07) is 16.7. The van der Waals surface area contributed by atoms with Gasteiger partial charge in [0.05, 0.1) is 5.75 Å². The quantitative estimate of drug-likeness (QED) is 0.464. The minimum atomic E-state index is -3.59. The summed E-state index contributed by atoms with van der Waals surface area (Å²) in [7, 11) is -3.59. The van der Waals surface area contributed by atoms with Crippen molar-refractivity contribution in [2.45, 2.75) is 5.75 Å². The number of ether oxygens (including phenoxy) is 1. The van der Waals surface area contributed by atoms with Crippen LogP contribution in [0.25, 0.3) is 5.82 Å². The number of rotatable bonds is 7. The molecule has 0 saturated carbocycles. The number of hydrogen-bond acceptors (Lipinski definition) is 6. The summed E-state index contributed by atoms with van der Waals surface area (Å²) in [5, 5.41) is 4.60. The second-order valence-electron chi connectivity index (χ2n) is 6.28. The van der Waals surface area contributed by atoms with Gasteiger partial charge >= 0.3 is 0 Å². The average molecular weight is 442 g/mol. The predicted octanol–water partition coefficient (Wildman–Crippen LogP) is 4.05. The lowest BCUT2D eigenvalue weighted by atomic mass is 10.2. The molecule has 0 aliphatic rings.